The van der Waals surface area contributed by atoms with Gasteiger partial charge in [-0.3, -0.25) is 24.0 Å². The van der Waals surface area contributed by atoms with Gasteiger partial charge in [-0.2, -0.15) is 5.10 Å². The summed E-state index contributed by atoms with van der Waals surface area (Å²) in [5, 5.41) is 10.0. The van der Waals surface area contributed by atoms with Crippen LogP contribution in [0.5, 0.6) is 0 Å². The molecule has 8 nitrogen and oxygen atoms in total. The van der Waals surface area contributed by atoms with E-state index in [0.717, 1.165) is 33.4 Å². The van der Waals surface area contributed by atoms with Crippen molar-refractivity contribution in [2.75, 3.05) is 24.5 Å². The van der Waals surface area contributed by atoms with E-state index >= 15 is 0 Å². The summed E-state index contributed by atoms with van der Waals surface area (Å²) >= 11 is 0. The molecule has 3 aromatic carbocycles. The van der Waals surface area contributed by atoms with Gasteiger partial charge in [0.05, 0.1) is 35.1 Å². The number of aromatic nitrogens is 2. The molecule has 3 heterocycles. The second kappa shape index (κ2) is 10.8. The van der Waals surface area contributed by atoms with Gasteiger partial charge in [0.2, 0.25) is 5.91 Å². The number of hydrogen-bond acceptors (Lipinski definition) is 5. The molecule has 41 heavy (non-hydrogen) atoms. The molecular formula is C33H35N5O3. The first-order chi connectivity index (χ1) is 19.8. The third kappa shape index (κ3) is 4.99. The van der Waals surface area contributed by atoms with E-state index in [-0.39, 0.29) is 36.2 Å². The van der Waals surface area contributed by atoms with E-state index < -0.39 is 0 Å². The van der Waals surface area contributed by atoms with Crippen molar-refractivity contribution in [1.82, 2.24) is 20.0 Å². The number of imide groups is 1. The zero-order valence-corrected chi connectivity index (χ0v) is 23.8. The topological polar surface area (TPSA) is 87.5 Å². The first-order valence-corrected chi connectivity index (χ1v) is 14.3. The number of anilines is 1. The zero-order chi connectivity index (χ0) is 28.7. The summed E-state index contributed by atoms with van der Waals surface area (Å²) in [6, 6.07) is 21.8. The largest absolute Gasteiger partial charge is 0.371 e. The first kappa shape index (κ1) is 26.7. The highest BCUT2D eigenvalue weighted by molar-refractivity contribution is 6.23. The van der Waals surface area contributed by atoms with Gasteiger partial charge in [-0.05, 0) is 68.1 Å². The molecule has 2 aliphatic heterocycles. The summed E-state index contributed by atoms with van der Waals surface area (Å²) in [6.07, 6.45) is 1.36. The molecule has 0 spiro atoms. The van der Waals surface area contributed by atoms with Crippen molar-refractivity contribution in [3.05, 3.63) is 94.8 Å². The lowest BCUT2D eigenvalue weighted by Crippen LogP contribution is -2.41. The Balaban J connectivity index is 1.11. The van der Waals surface area contributed by atoms with Gasteiger partial charge in [0.15, 0.2) is 0 Å². The van der Waals surface area contributed by atoms with E-state index in [1.54, 1.807) is 6.07 Å². The highest BCUT2D eigenvalue weighted by atomic mass is 16.2. The van der Waals surface area contributed by atoms with E-state index in [2.05, 4.69) is 39.6 Å². The normalized spacial score (nSPS) is 16.4. The number of hydrogen-bond donors (Lipinski definition) is 1. The molecule has 3 amide bonds. The summed E-state index contributed by atoms with van der Waals surface area (Å²) in [6.45, 7) is 7.94. The van der Waals surface area contributed by atoms with Crippen LogP contribution in [0.2, 0.25) is 0 Å². The van der Waals surface area contributed by atoms with E-state index in [0.29, 0.717) is 43.6 Å². The summed E-state index contributed by atoms with van der Waals surface area (Å²) in [7, 11) is 0. The molecule has 1 saturated heterocycles. The van der Waals surface area contributed by atoms with Crippen LogP contribution >= 0.6 is 0 Å². The monoisotopic (exact) mass is 549 g/mol. The molecule has 0 aliphatic carbocycles. The second-order valence-corrected chi connectivity index (χ2v) is 11.2. The number of fused-ring (bicyclic) bond motifs is 2. The highest BCUT2D eigenvalue weighted by Crippen LogP contribution is 2.34. The standard InChI is InChI=1S/C33H35N5O3/c1-21-20-22(2)38(35-21)19-18-37-32(40)28-12-7-13-29(30(28)33(37)41)36-16-14-25(15-17-36)31(39)34-23(3)26-11-6-9-24-8-4-5-10-27(24)26/h4-13,20,23,25H,14-19H2,1-3H3,(H,34,39). The van der Waals surface area contributed by atoms with E-state index in [1.165, 1.54) is 4.90 Å². The fourth-order valence-corrected chi connectivity index (χ4v) is 6.30. The number of carbonyl (C=O) groups is 3. The third-order valence-corrected chi connectivity index (χ3v) is 8.47. The molecule has 4 aromatic rings. The van der Waals surface area contributed by atoms with Crippen LogP contribution in [0.25, 0.3) is 10.8 Å². The Morgan fingerprint density at radius 1 is 0.951 bits per heavy atom. The number of rotatable bonds is 7. The Hall–Kier alpha value is -4.46. The Morgan fingerprint density at radius 2 is 1.68 bits per heavy atom. The van der Waals surface area contributed by atoms with Gasteiger partial charge < -0.3 is 10.2 Å². The van der Waals surface area contributed by atoms with E-state index in [1.807, 2.05) is 61.9 Å². The SMILES string of the molecule is Cc1cc(C)n(CCN2C(=O)c3cccc(N4CCC(C(=O)NC(C)c5cccc6ccccc56)CC4)c3C2=O)n1. The Bertz CT molecular complexity index is 1640. The number of nitrogens with zero attached hydrogens (tertiary/aromatic N) is 4. The Morgan fingerprint density at radius 3 is 2.44 bits per heavy atom. The lowest BCUT2D eigenvalue weighted by Gasteiger charge is -2.34. The number of benzene rings is 3. The fourth-order valence-electron chi connectivity index (χ4n) is 6.30. The van der Waals surface area contributed by atoms with Crippen LogP contribution in [-0.2, 0) is 11.3 Å². The number of piperidine rings is 1. The molecule has 0 radical (unpaired) electrons. The minimum absolute atomic E-state index is 0.0601. The summed E-state index contributed by atoms with van der Waals surface area (Å²) < 4.78 is 1.83. The van der Waals surface area contributed by atoms with Crippen LogP contribution in [0.15, 0.2) is 66.7 Å². The van der Waals surface area contributed by atoms with Crippen molar-refractivity contribution < 1.29 is 14.4 Å². The van der Waals surface area contributed by atoms with Crippen LogP contribution in [0.4, 0.5) is 5.69 Å². The van der Waals surface area contributed by atoms with Crippen molar-refractivity contribution in [2.24, 2.45) is 5.92 Å². The maximum atomic E-state index is 13.5. The van der Waals surface area contributed by atoms with Gasteiger partial charge in [-0.1, -0.05) is 48.5 Å². The fraction of sp³-hybridized carbons (Fsp3) is 0.333. The molecule has 1 aromatic heterocycles. The highest BCUT2D eigenvalue weighted by Gasteiger charge is 2.39. The second-order valence-electron chi connectivity index (χ2n) is 11.2. The molecule has 1 atom stereocenters. The average Bonchev–Trinajstić information content (AvgIpc) is 3.44. The molecule has 2 aliphatic rings. The number of amides is 3. The van der Waals surface area contributed by atoms with E-state index in [9.17, 15) is 14.4 Å². The van der Waals surface area contributed by atoms with Gasteiger partial charge in [-0.25, -0.2) is 0 Å². The minimum Gasteiger partial charge on any atom is -0.371 e. The van der Waals surface area contributed by atoms with Gasteiger partial charge in [0.1, 0.15) is 0 Å². The third-order valence-electron chi connectivity index (χ3n) is 8.47. The molecule has 1 unspecified atom stereocenters. The lowest BCUT2D eigenvalue weighted by atomic mass is 9.93. The lowest BCUT2D eigenvalue weighted by molar-refractivity contribution is -0.126. The molecule has 0 bridgehead atoms. The summed E-state index contributed by atoms with van der Waals surface area (Å²) in [5.74, 6) is -0.559. The molecular weight excluding hydrogens is 514 g/mol. The van der Waals surface area contributed by atoms with Crippen LogP contribution < -0.4 is 10.2 Å². The summed E-state index contributed by atoms with van der Waals surface area (Å²) in [5.41, 5.74) is 4.71. The van der Waals surface area contributed by atoms with Crippen molar-refractivity contribution in [3.8, 4) is 0 Å². The van der Waals surface area contributed by atoms with Gasteiger partial charge in [0.25, 0.3) is 11.8 Å². The zero-order valence-electron chi connectivity index (χ0n) is 23.8. The molecule has 6 rings (SSSR count). The van der Waals surface area contributed by atoms with Crippen molar-refractivity contribution in [1.29, 1.82) is 0 Å². The first-order valence-electron chi connectivity index (χ1n) is 14.3. The molecule has 1 fully saturated rings. The molecule has 1 N–H and O–H groups in total. The Labute approximate surface area is 239 Å². The van der Waals surface area contributed by atoms with Crippen LogP contribution in [0.1, 0.15) is 63.5 Å². The minimum atomic E-state index is -0.259. The van der Waals surface area contributed by atoms with E-state index in [4.69, 9.17) is 0 Å². The molecule has 0 saturated carbocycles. The average molecular weight is 550 g/mol. The summed E-state index contributed by atoms with van der Waals surface area (Å²) in [4.78, 5) is 43.4. The number of aryl methyl sites for hydroxylation is 2. The van der Waals surface area contributed by atoms with Gasteiger partial charge in [0, 0.05) is 31.2 Å². The maximum absolute atomic E-state index is 13.5. The Kier molecular flexibility index (Phi) is 7.07. The smallest absolute Gasteiger partial charge is 0.263 e. The van der Waals surface area contributed by atoms with Gasteiger partial charge in [-0.15, -0.1) is 0 Å². The predicted octanol–water partition coefficient (Wildman–Crippen LogP) is 5.04. The number of nitrogens with one attached hydrogen (secondary N) is 1. The van der Waals surface area contributed by atoms with Crippen molar-refractivity contribution in [3.63, 3.8) is 0 Å². The van der Waals surface area contributed by atoms with Crippen LogP contribution in [0.3, 0.4) is 0 Å². The van der Waals surface area contributed by atoms with Crippen LogP contribution in [0, 0.1) is 19.8 Å². The number of carbonyl (C=O) groups excluding carboxylic acids is 3. The van der Waals surface area contributed by atoms with Gasteiger partial charge >= 0.3 is 0 Å². The van der Waals surface area contributed by atoms with Crippen LogP contribution in [-0.4, -0.2) is 52.0 Å². The molecule has 8 heteroatoms. The molecule has 210 valence electrons. The van der Waals surface area contributed by atoms with Crippen molar-refractivity contribution >= 4 is 34.2 Å². The maximum Gasteiger partial charge on any atom is 0.263 e. The predicted molar refractivity (Wildman–Crippen MR) is 159 cm³/mol. The van der Waals surface area contributed by atoms with Crippen molar-refractivity contribution in [2.45, 2.75) is 46.2 Å². The quantitative estimate of drug-likeness (QED) is 0.326.